The Morgan fingerprint density at radius 1 is 1.31 bits per heavy atom. The minimum absolute atomic E-state index is 0.104. The Balaban J connectivity index is 2.41. The number of hydrogen-bond acceptors (Lipinski definition) is 0. The first kappa shape index (κ1) is 8.74. The van der Waals surface area contributed by atoms with Crippen LogP contribution >= 0.6 is 0 Å². The average molecular weight is 178 g/mol. The Morgan fingerprint density at radius 3 is 2.54 bits per heavy atom. The van der Waals surface area contributed by atoms with Crippen LogP contribution in [0.15, 0.2) is 18.2 Å². The first-order valence-electron chi connectivity index (χ1n) is 4.98. The molecule has 0 spiro atoms. The summed E-state index contributed by atoms with van der Waals surface area (Å²) >= 11 is 0. The maximum atomic E-state index is 13.0. The molecule has 0 heterocycles. The molecule has 0 atom stereocenters. The molecule has 0 N–H and O–H groups in total. The second-order valence-corrected chi connectivity index (χ2v) is 4.20. The van der Waals surface area contributed by atoms with E-state index in [4.69, 9.17) is 0 Å². The molecule has 1 aliphatic rings. The lowest BCUT2D eigenvalue weighted by Crippen LogP contribution is -1.95. The Labute approximate surface area is 78.8 Å². The van der Waals surface area contributed by atoms with Gasteiger partial charge in [0.2, 0.25) is 0 Å². The van der Waals surface area contributed by atoms with Crippen LogP contribution in [0.1, 0.15) is 49.7 Å². The fourth-order valence-electron chi connectivity index (χ4n) is 1.81. The standard InChI is InChI=1S/C12H15F/c1-8(2)12-7-10(13)5-6-11(12)9-3-4-9/h5-9H,3-4H2,1-2H3. The predicted molar refractivity (Wildman–Crippen MR) is 52.5 cm³/mol. The minimum atomic E-state index is -0.104. The summed E-state index contributed by atoms with van der Waals surface area (Å²) in [7, 11) is 0. The zero-order chi connectivity index (χ0) is 9.42. The summed E-state index contributed by atoms with van der Waals surface area (Å²) < 4.78 is 13.0. The van der Waals surface area contributed by atoms with Crippen LogP contribution in [0.5, 0.6) is 0 Å². The molecule has 1 aromatic rings. The highest BCUT2D eigenvalue weighted by Gasteiger charge is 2.26. The Hall–Kier alpha value is -0.850. The molecule has 1 aromatic carbocycles. The van der Waals surface area contributed by atoms with Gasteiger partial charge < -0.3 is 0 Å². The molecule has 1 aliphatic carbocycles. The van der Waals surface area contributed by atoms with E-state index in [1.54, 1.807) is 12.1 Å². The van der Waals surface area contributed by atoms with Crippen LogP contribution in [-0.4, -0.2) is 0 Å². The van der Waals surface area contributed by atoms with Crippen molar-refractivity contribution in [2.75, 3.05) is 0 Å². The van der Waals surface area contributed by atoms with Gasteiger partial charge in [0.1, 0.15) is 5.82 Å². The van der Waals surface area contributed by atoms with Gasteiger partial charge in [0, 0.05) is 0 Å². The largest absolute Gasteiger partial charge is 0.207 e. The molecular weight excluding hydrogens is 163 g/mol. The van der Waals surface area contributed by atoms with Crippen molar-refractivity contribution in [1.82, 2.24) is 0 Å². The average Bonchev–Trinajstić information content (AvgIpc) is 2.87. The molecule has 0 bridgehead atoms. The van der Waals surface area contributed by atoms with Gasteiger partial charge in [0.15, 0.2) is 0 Å². The van der Waals surface area contributed by atoms with Gasteiger partial charge in [0.05, 0.1) is 0 Å². The third kappa shape index (κ3) is 1.74. The zero-order valence-electron chi connectivity index (χ0n) is 8.18. The second kappa shape index (κ2) is 3.13. The normalized spacial score (nSPS) is 16.6. The quantitative estimate of drug-likeness (QED) is 0.645. The maximum Gasteiger partial charge on any atom is 0.123 e. The van der Waals surface area contributed by atoms with Crippen LogP contribution in [0.4, 0.5) is 4.39 Å². The third-order valence-electron chi connectivity index (χ3n) is 2.69. The molecule has 0 aliphatic heterocycles. The van der Waals surface area contributed by atoms with Crippen molar-refractivity contribution < 1.29 is 4.39 Å². The molecule has 0 saturated heterocycles. The van der Waals surface area contributed by atoms with E-state index in [1.165, 1.54) is 24.0 Å². The summed E-state index contributed by atoms with van der Waals surface area (Å²) in [5, 5.41) is 0. The van der Waals surface area contributed by atoms with Gasteiger partial charge in [-0.05, 0) is 47.9 Å². The molecule has 0 amide bonds. The SMILES string of the molecule is CC(C)c1cc(F)ccc1C1CC1. The van der Waals surface area contributed by atoms with E-state index in [0.29, 0.717) is 5.92 Å². The summed E-state index contributed by atoms with van der Waals surface area (Å²) in [5.41, 5.74) is 2.57. The summed E-state index contributed by atoms with van der Waals surface area (Å²) in [6.45, 7) is 4.25. The fraction of sp³-hybridized carbons (Fsp3) is 0.500. The van der Waals surface area contributed by atoms with E-state index in [2.05, 4.69) is 13.8 Å². The van der Waals surface area contributed by atoms with Crippen LogP contribution in [0.25, 0.3) is 0 Å². The lowest BCUT2D eigenvalue weighted by molar-refractivity contribution is 0.621. The van der Waals surface area contributed by atoms with E-state index < -0.39 is 0 Å². The summed E-state index contributed by atoms with van der Waals surface area (Å²) in [6, 6.07) is 5.24. The fourth-order valence-corrected chi connectivity index (χ4v) is 1.81. The highest BCUT2D eigenvalue weighted by atomic mass is 19.1. The van der Waals surface area contributed by atoms with E-state index in [0.717, 1.165) is 5.92 Å². The number of rotatable bonds is 2. The van der Waals surface area contributed by atoms with Crippen molar-refractivity contribution >= 4 is 0 Å². The Bertz CT molecular complexity index is 311. The highest BCUT2D eigenvalue weighted by molar-refractivity contribution is 5.35. The second-order valence-electron chi connectivity index (χ2n) is 4.20. The number of hydrogen-bond donors (Lipinski definition) is 0. The van der Waals surface area contributed by atoms with Crippen molar-refractivity contribution in [1.29, 1.82) is 0 Å². The van der Waals surface area contributed by atoms with Crippen molar-refractivity contribution in [2.24, 2.45) is 0 Å². The molecule has 1 fully saturated rings. The van der Waals surface area contributed by atoms with Gasteiger partial charge in [0.25, 0.3) is 0 Å². The number of benzene rings is 1. The van der Waals surface area contributed by atoms with Gasteiger partial charge in [-0.1, -0.05) is 19.9 Å². The first-order valence-corrected chi connectivity index (χ1v) is 4.98. The molecule has 0 unspecified atom stereocenters. The van der Waals surface area contributed by atoms with Crippen LogP contribution in [0, 0.1) is 5.82 Å². The molecule has 0 nitrogen and oxygen atoms in total. The van der Waals surface area contributed by atoms with Crippen molar-refractivity contribution in [3.05, 3.63) is 35.1 Å². The predicted octanol–water partition coefficient (Wildman–Crippen LogP) is 3.83. The van der Waals surface area contributed by atoms with Gasteiger partial charge >= 0.3 is 0 Å². The van der Waals surface area contributed by atoms with Crippen LogP contribution in [-0.2, 0) is 0 Å². The molecule has 0 aromatic heterocycles. The van der Waals surface area contributed by atoms with Crippen molar-refractivity contribution in [3.8, 4) is 0 Å². The number of halogens is 1. The molecule has 1 heteroatoms. The Kier molecular flexibility index (Phi) is 2.10. The van der Waals surface area contributed by atoms with Crippen LogP contribution in [0.2, 0.25) is 0 Å². The smallest absolute Gasteiger partial charge is 0.123 e. The molecular formula is C12H15F. The topological polar surface area (TPSA) is 0 Å². The van der Waals surface area contributed by atoms with Crippen molar-refractivity contribution in [3.63, 3.8) is 0 Å². The summed E-state index contributed by atoms with van der Waals surface area (Å²) in [4.78, 5) is 0. The minimum Gasteiger partial charge on any atom is -0.207 e. The van der Waals surface area contributed by atoms with E-state index in [1.807, 2.05) is 6.07 Å². The molecule has 2 rings (SSSR count). The molecule has 0 radical (unpaired) electrons. The van der Waals surface area contributed by atoms with Gasteiger partial charge in [-0.15, -0.1) is 0 Å². The van der Waals surface area contributed by atoms with Crippen LogP contribution < -0.4 is 0 Å². The van der Waals surface area contributed by atoms with Crippen LogP contribution in [0.3, 0.4) is 0 Å². The lowest BCUT2D eigenvalue weighted by Gasteiger charge is -2.11. The van der Waals surface area contributed by atoms with Gasteiger partial charge in [-0.3, -0.25) is 0 Å². The molecule has 70 valence electrons. The van der Waals surface area contributed by atoms with Crippen molar-refractivity contribution in [2.45, 2.75) is 38.5 Å². The third-order valence-corrected chi connectivity index (χ3v) is 2.69. The molecule has 1 saturated carbocycles. The van der Waals surface area contributed by atoms with E-state index >= 15 is 0 Å². The summed E-state index contributed by atoms with van der Waals surface area (Å²) in [6.07, 6.45) is 2.57. The highest BCUT2D eigenvalue weighted by Crippen LogP contribution is 2.43. The van der Waals surface area contributed by atoms with Gasteiger partial charge in [-0.25, -0.2) is 4.39 Å². The maximum absolute atomic E-state index is 13.0. The lowest BCUT2D eigenvalue weighted by atomic mass is 9.94. The first-order chi connectivity index (χ1) is 6.18. The molecule has 13 heavy (non-hydrogen) atoms. The van der Waals surface area contributed by atoms with E-state index in [-0.39, 0.29) is 5.82 Å². The summed E-state index contributed by atoms with van der Waals surface area (Å²) in [5.74, 6) is 1.05. The van der Waals surface area contributed by atoms with Gasteiger partial charge in [-0.2, -0.15) is 0 Å². The van der Waals surface area contributed by atoms with E-state index in [9.17, 15) is 4.39 Å². The Morgan fingerprint density at radius 2 is 2.00 bits per heavy atom. The monoisotopic (exact) mass is 178 g/mol. The zero-order valence-corrected chi connectivity index (χ0v) is 8.18.